The molecule has 27 heavy (non-hydrogen) atoms. The second-order valence-corrected chi connectivity index (χ2v) is 6.16. The van der Waals surface area contributed by atoms with Gasteiger partial charge in [-0.05, 0) is 40.8 Å². The maximum absolute atomic E-state index is 12.1. The zero-order valence-electron chi connectivity index (χ0n) is 14.1. The summed E-state index contributed by atoms with van der Waals surface area (Å²) in [6.45, 7) is 0. The number of nitrogens with zero attached hydrogens (tertiary/aromatic N) is 5. The van der Waals surface area contributed by atoms with Crippen LogP contribution in [0.15, 0.2) is 53.7 Å². The van der Waals surface area contributed by atoms with Crippen LogP contribution in [0.4, 0.5) is 11.4 Å². The van der Waals surface area contributed by atoms with E-state index < -0.39 is 4.92 Å². The fourth-order valence-corrected chi connectivity index (χ4v) is 2.87. The molecular weight excluding hydrogens is 372 g/mol. The van der Waals surface area contributed by atoms with E-state index in [1.54, 1.807) is 37.4 Å². The summed E-state index contributed by atoms with van der Waals surface area (Å²) in [5.41, 5.74) is 0.982. The van der Waals surface area contributed by atoms with Gasteiger partial charge in [0.25, 0.3) is 5.69 Å². The molecule has 0 spiro atoms. The number of hydrogen-bond acceptors (Lipinski definition) is 8. The molecule has 0 aliphatic carbocycles. The van der Waals surface area contributed by atoms with Crippen LogP contribution in [0.1, 0.15) is 0 Å². The number of nitrogens with one attached hydrogen (secondary N) is 1. The van der Waals surface area contributed by atoms with Crippen molar-refractivity contribution in [1.82, 2.24) is 20.2 Å². The monoisotopic (exact) mass is 386 g/mol. The molecule has 0 unspecified atom stereocenters. The number of tetrazole rings is 1. The second kappa shape index (κ2) is 8.27. The minimum absolute atomic E-state index is 0.0409. The van der Waals surface area contributed by atoms with E-state index in [9.17, 15) is 14.9 Å². The lowest BCUT2D eigenvalue weighted by molar-refractivity contribution is -0.384. The topological polar surface area (TPSA) is 125 Å². The molecule has 138 valence electrons. The van der Waals surface area contributed by atoms with E-state index in [2.05, 4.69) is 20.8 Å². The summed E-state index contributed by atoms with van der Waals surface area (Å²) >= 11 is 1.15. The number of methoxy groups -OCH3 is 1. The zero-order valence-corrected chi connectivity index (χ0v) is 14.9. The average Bonchev–Trinajstić information content (AvgIpc) is 3.15. The first-order chi connectivity index (χ1) is 13.1. The van der Waals surface area contributed by atoms with Crippen molar-refractivity contribution in [3.63, 3.8) is 0 Å². The molecular formula is C16H14N6O4S. The zero-order chi connectivity index (χ0) is 19.2. The van der Waals surface area contributed by atoms with Crippen molar-refractivity contribution in [2.45, 2.75) is 5.16 Å². The van der Waals surface area contributed by atoms with Crippen molar-refractivity contribution in [3.8, 4) is 11.4 Å². The Kier molecular flexibility index (Phi) is 5.61. The Morgan fingerprint density at radius 3 is 2.78 bits per heavy atom. The third-order valence-electron chi connectivity index (χ3n) is 3.43. The van der Waals surface area contributed by atoms with E-state index >= 15 is 0 Å². The Bertz CT molecular complexity index is 960. The first kappa shape index (κ1) is 18.3. The Hall–Kier alpha value is -3.47. The summed E-state index contributed by atoms with van der Waals surface area (Å²) in [5.74, 6) is 0.418. The lowest BCUT2D eigenvalue weighted by atomic mass is 10.3. The van der Waals surface area contributed by atoms with Crippen LogP contribution < -0.4 is 10.1 Å². The fraction of sp³-hybridized carbons (Fsp3) is 0.125. The molecule has 3 rings (SSSR count). The number of carbonyl (C=O) groups is 1. The van der Waals surface area contributed by atoms with E-state index in [-0.39, 0.29) is 17.3 Å². The van der Waals surface area contributed by atoms with Gasteiger partial charge in [0.05, 0.1) is 23.5 Å². The third-order valence-corrected chi connectivity index (χ3v) is 4.35. The molecule has 0 atom stereocenters. The number of nitro benzene ring substituents is 1. The van der Waals surface area contributed by atoms with Gasteiger partial charge in [-0.15, -0.1) is 5.10 Å². The lowest BCUT2D eigenvalue weighted by Gasteiger charge is -2.06. The normalized spacial score (nSPS) is 10.4. The number of anilines is 1. The number of amides is 1. The number of rotatable bonds is 7. The second-order valence-electron chi connectivity index (χ2n) is 5.22. The Labute approximate surface area is 157 Å². The number of thioether (sulfide) groups is 1. The summed E-state index contributed by atoms with van der Waals surface area (Å²) in [5, 5.41) is 25.3. The Morgan fingerprint density at radius 1 is 1.30 bits per heavy atom. The van der Waals surface area contributed by atoms with Gasteiger partial charge in [-0.25, -0.2) is 0 Å². The van der Waals surface area contributed by atoms with Crippen LogP contribution in [0, 0.1) is 10.1 Å². The summed E-state index contributed by atoms with van der Waals surface area (Å²) in [6, 6.07) is 12.9. The molecule has 1 aromatic heterocycles. The third kappa shape index (κ3) is 4.58. The molecule has 1 amide bonds. The summed E-state index contributed by atoms with van der Waals surface area (Å²) in [6.07, 6.45) is 0. The van der Waals surface area contributed by atoms with E-state index in [4.69, 9.17) is 4.74 Å². The van der Waals surface area contributed by atoms with Gasteiger partial charge in [-0.3, -0.25) is 14.9 Å². The molecule has 3 aromatic rings. The molecule has 11 heteroatoms. The predicted molar refractivity (Wildman–Crippen MR) is 98.2 cm³/mol. The first-order valence-electron chi connectivity index (χ1n) is 7.67. The van der Waals surface area contributed by atoms with Crippen LogP contribution in [-0.4, -0.2) is 43.9 Å². The SMILES string of the molecule is COc1ccc(-n2nnnc2SCC(=O)Nc2cccc([N+](=O)[O-])c2)cc1. The van der Waals surface area contributed by atoms with Gasteiger partial charge in [0.1, 0.15) is 5.75 Å². The highest BCUT2D eigenvalue weighted by molar-refractivity contribution is 7.99. The fourth-order valence-electron chi connectivity index (χ4n) is 2.18. The van der Waals surface area contributed by atoms with E-state index in [1.165, 1.54) is 22.9 Å². The minimum Gasteiger partial charge on any atom is -0.497 e. The summed E-state index contributed by atoms with van der Waals surface area (Å²) in [7, 11) is 1.58. The van der Waals surface area contributed by atoms with Crippen LogP contribution in [-0.2, 0) is 4.79 Å². The Balaban J connectivity index is 1.63. The highest BCUT2D eigenvalue weighted by Crippen LogP contribution is 2.21. The number of hydrogen-bond donors (Lipinski definition) is 1. The van der Waals surface area contributed by atoms with Crippen LogP contribution in [0.25, 0.3) is 5.69 Å². The molecule has 10 nitrogen and oxygen atoms in total. The molecule has 0 bridgehead atoms. The van der Waals surface area contributed by atoms with E-state index in [0.717, 1.165) is 17.4 Å². The Morgan fingerprint density at radius 2 is 2.07 bits per heavy atom. The highest BCUT2D eigenvalue weighted by Gasteiger charge is 2.13. The molecule has 0 saturated heterocycles. The first-order valence-corrected chi connectivity index (χ1v) is 8.65. The van der Waals surface area contributed by atoms with Gasteiger partial charge in [0.2, 0.25) is 11.1 Å². The molecule has 0 aliphatic heterocycles. The van der Waals surface area contributed by atoms with Gasteiger partial charge >= 0.3 is 0 Å². The number of carbonyl (C=O) groups excluding carboxylic acids is 1. The standard InChI is InChI=1S/C16H14N6O4S/c1-26-14-7-5-12(6-8-14)21-16(18-19-20-21)27-10-15(23)17-11-3-2-4-13(9-11)22(24)25/h2-9H,10H2,1H3,(H,17,23). The van der Waals surface area contributed by atoms with Crippen molar-refractivity contribution >= 4 is 29.0 Å². The number of non-ortho nitro benzene ring substituents is 1. The van der Waals surface area contributed by atoms with Crippen LogP contribution in [0.3, 0.4) is 0 Å². The van der Waals surface area contributed by atoms with Gasteiger partial charge in [0.15, 0.2) is 0 Å². The van der Waals surface area contributed by atoms with Crippen LogP contribution >= 0.6 is 11.8 Å². The number of nitro groups is 1. The molecule has 0 fully saturated rings. The minimum atomic E-state index is -0.520. The maximum atomic E-state index is 12.1. The maximum Gasteiger partial charge on any atom is 0.271 e. The highest BCUT2D eigenvalue weighted by atomic mass is 32.2. The largest absolute Gasteiger partial charge is 0.497 e. The molecule has 1 heterocycles. The van der Waals surface area contributed by atoms with Crippen molar-refractivity contribution in [2.24, 2.45) is 0 Å². The number of aromatic nitrogens is 4. The smallest absolute Gasteiger partial charge is 0.271 e. The molecule has 1 N–H and O–H groups in total. The van der Waals surface area contributed by atoms with Crippen molar-refractivity contribution in [1.29, 1.82) is 0 Å². The number of ether oxygens (including phenoxy) is 1. The summed E-state index contributed by atoms with van der Waals surface area (Å²) in [4.78, 5) is 22.4. The van der Waals surface area contributed by atoms with Crippen molar-refractivity contribution in [3.05, 3.63) is 58.6 Å². The van der Waals surface area contributed by atoms with Gasteiger partial charge in [0, 0.05) is 17.8 Å². The number of benzene rings is 2. The van der Waals surface area contributed by atoms with Gasteiger partial charge < -0.3 is 10.1 Å². The van der Waals surface area contributed by atoms with E-state index in [1.807, 2.05) is 0 Å². The molecule has 0 saturated carbocycles. The van der Waals surface area contributed by atoms with Crippen molar-refractivity contribution < 1.29 is 14.5 Å². The molecule has 2 aromatic carbocycles. The van der Waals surface area contributed by atoms with Crippen LogP contribution in [0.2, 0.25) is 0 Å². The van der Waals surface area contributed by atoms with E-state index in [0.29, 0.717) is 16.6 Å². The predicted octanol–water partition coefficient (Wildman–Crippen LogP) is 2.31. The van der Waals surface area contributed by atoms with Gasteiger partial charge in [-0.1, -0.05) is 17.8 Å². The molecule has 0 aliphatic rings. The average molecular weight is 386 g/mol. The van der Waals surface area contributed by atoms with Gasteiger partial charge in [-0.2, -0.15) is 4.68 Å². The quantitative estimate of drug-likeness (QED) is 0.372. The van der Waals surface area contributed by atoms with Crippen molar-refractivity contribution in [2.75, 3.05) is 18.2 Å². The van der Waals surface area contributed by atoms with Crippen LogP contribution in [0.5, 0.6) is 5.75 Å². The summed E-state index contributed by atoms with van der Waals surface area (Å²) < 4.78 is 6.62. The molecule has 0 radical (unpaired) electrons. The lowest BCUT2D eigenvalue weighted by Crippen LogP contribution is -2.14.